The van der Waals surface area contributed by atoms with E-state index in [1.807, 2.05) is 49.3 Å². The minimum atomic E-state index is -0.156. The molecular formula is C25H27ClN6O2. The molecule has 0 aliphatic carbocycles. The number of urea groups is 1. The number of carbonyl (C=O) groups excluding carboxylic acids is 2. The second kappa shape index (κ2) is 8.68. The first-order chi connectivity index (χ1) is 16.3. The third-order valence-corrected chi connectivity index (χ3v) is 7.05. The number of aromatic amines is 1. The Morgan fingerprint density at radius 1 is 1.18 bits per heavy atom. The summed E-state index contributed by atoms with van der Waals surface area (Å²) in [6.45, 7) is 1.20. The maximum Gasteiger partial charge on any atom is 0.324 e. The molecule has 9 heteroatoms. The van der Waals surface area contributed by atoms with Crippen molar-refractivity contribution in [3.05, 3.63) is 64.8 Å². The smallest absolute Gasteiger partial charge is 0.324 e. The van der Waals surface area contributed by atoms with Crippen molar-refractivity contribution in [3.8, 4) is 0 Å². The van der Waals surface area contributed by atoms with Gasteiger partial charge in [0.25, 0.3) is 5.91 Å². The lowest BCUT2D eigenvalue weighted by Crippen LogP contribution is -2.54. The van der Waals surface area contributed by atoms with Crippen LogP contribution in [0, 0.1) is 5.41 Å². The predicted octanol–water partition coefficient (Wildman–Crippen LogP) is 3.91. The molecule has 2 atom stereocenters. The van der Waals surface area contributed by atoms with Gasteiger partial charge in [0, 0.05) is 54.6 Å². The predicted molar refractivity (Wildman–Crippen MR) is 134 cm³/mol. The normalized spacial score (nSPS) is 19.9. The van der Waals surface area contributed by atoms with Gasteiger partial charge in [-0.15, -0.1) is 0 Å². The number of nitrogens with zero attached hydrogens (tertiary/aromatic N) is 3. The van der Waals surface area contributed by atoms with Gasteiger partial charge in [-0.05, 0) is 49.2 Å². The van der Waals surface area contributed by atoms with Crippen molar-refractivity contribution in [3.63, 3.8) is 0 Å². The third kappa shape index (κ3) is 3.88. The standard InChI is InChI=1S/C25H27ClN6O2/c1-30(2)23(27)15-5-8-17(9-6-15)32-14-22-20(4-3-11-31(22)25(32)34)29-24(33)16-7-10-18-19(26)13-28-21(18)12-16/h5-10,12-13,20,22,27-28H,3-4,11,14H2,1-2H3,(H,29,33)/t20-,22-/m1/s1. The zero-order chi connectivity index (χ0) is 24.0. The summed E-state index contributed by atoms with van der Waals surface area (Å²) in [5.41, 5.74) is 2.97. The lowest BCUT2D eigenvalue weighted by atomic mass is 9.97. The van der Waals surface area contributed by atoms with E-state index in [1.165, 1.54) is 0 Å². The van der Waals surface area contributed by atoms with Crippen LogP contribution in [0.1, 0.15) is 28.8 Å². The highest BCUT2D eigenvalue weighted by molar-refractivity contribution is 6.35. The van der Waals surface area contributed by atoms with Crippen LogP contribution in [0.3, 0.4) is 0 Å². The van der Waals surface area contributed by atoms with Crippen molar-refractivity contribution in [2.75, 3.05) is 32.1 Å². The fraction of sp³-hybridized carbons (Fsp3) is 0.320. The number of anilines is 1. The molecule has 0 saturated carbocycles. The quantitative estimate of drug-likeness (QED) is 0.392. The Morgan fingerprint density at radius 3 is 2.65 bits per heavy atom. The fourth-order valence-corrected chi connectivity index (χ4v) is 5.09. The molecule has 2 aromatic carbocycles. The van der Waals surface area contributed by atoms with Crippen LogP contribution >= 0.6 is 11.6 Å². The van der Waals surface area contributed by atoms with Crippen molar-refractivity contribution in [1.82, 2.24) is 20.1 Å². The van der Waals surface area contributed by atoms with Gasteiger partial charge in [0.1, 0.15) is 5.84 Å². The summed E-state index contributed by atoms with van der Waals surface area (Å²) >= 11 is 6.15. The Bertz CT molecular complexity index is 1270. The van der Waals surface area contributed by atoms with E-state index in [2.05, 4.69) is 10.3 Å². The number of hydrogen-bond acceptors (Lipinski definition) is 3. The number of rotatable bonds is 4. The summed E-state index contributed by atoms with van der Waals surface area (Å²) in [4.78, 5) is 34.7. The van der Waals surface area contributed by atoms with E-state index in [0.29, 0.717) is 29.5 Å². The van der Waals surface area contributed by atoms with Crippen LogP contribution in [0.2, 0.25) is 5.02 Å². The Morgan fingerprint density at radius 2 is 1.91 bits per heavy atom. The van der Waals surface area contributed by atoms with Gasteiger partial charge in [-0.3, -0.25) is 15.1 Å². The molecule has 0 bridgehead atoms. The minimum absolute atomic E-state index is 0.0400. The van der Waals surface area contributed by atoms with E-state index in [0.717, 1.165) is 35.0 Å². The lowest BCUT2D eigenvalue weighted by molar-refractivity contribution is 0.0887. The summed E-state index contributed by atoms with van der Waals surface area (Å²) in [5.74, 6) is 0.260. The second-order valence-electron chi connectivity index (χ2n) is 9.06. The van der Waals surface area contributed by atoms with E-state index < -0.39 is 0 Å². The maximum atomic E-state index is 13.2. The van der Waals surface area contributed by atoms with E-state index in [-0.39, 0.29) is 24.0 Å². The highest BCUT2D eigenvalue weighted by Crippen LogP contribution is 2.30. The second-order valence-corrected chi connectivity index (χ2v) is 9.47. The SMILES string of the molecule is CN(C)C(=N)c1ccc(N2C[C@@H]3[C@H](NC(=O)c4ccc5c(Cl)c[nH]c5c4)CCCN3C2=O)cc1. The van der Waals surface area contributed by atoms with Gasteiger partial charge >= 0.3 is 6.03 Å². The number of amides is 3. The third-order valence-electron chi connectivity index (χ3n) is 6.73. The molecule has 1 aromatic heterocycles. The number of fused-ring (bicyclic) bond motifs is 2. The highest BCUT2D eigenvalue weighted by Gasteiger charge is 2.44. The van der Waals surface area contributed by atoms with Crippen LogP contribution in [0.15, 0.2) is 48.7 Å². The summed E-state index contributed by atoms with van der Waals surface area (Å²) < 4.78 is 0. The molecule has 0 radical (unpaired) electrons. The number of amidine groups is 1. The van der Waals surface area contributed by atoms with Crippen molar-refractivity contribution >= 4 is 46.0 Å². The molecule has 3 N–H and O–H groups in total. The summed E-state index contributed by atoms with van der Waals surface area (Å²) in [7, 11) is 3.66. The molecule has 176 valence electrons. The summed E-state index contributed by atoms with van der Waals surface area (Å²) in [6, 6.07) is 12.7. The molecule has 3 amide bonds. The molecule has 3 heterocycles. The van der Waals surface area contributed by atoms with E-state index in [1.54, 1.807) is 28.1 Å². The van der Waals surface area contributed by atoms with Gasteiger partial charge in [-0.1, -0.05) is 17.7 Å². The van der Waals surface area contributed by atoms with Crippen LogP contribution in [-0.4, -0.2) is 71.8 Å². The van der Waals surface area contributed by atoms with E-state index in [9.17, 15) is 9.59 Å². The van der Waals surface area contributed by atoms with Crippen LogP contribution in [-0.2, 0) is 0 Å². The van der Waals surface area contributed by atoms with Crippen molar-refractivity contribution in [1.29, 1.82) is 5.41 Å². The lowest BCUT2D eigenvalue weighted by Gasteiger charge is -2.35. The molecule has 34 heavy (non-hydrogen) atoms. The molecule has 5 rings (SSSR count). The van der Waals surface area contributed by atoms with Crippen LogP contribution in [0.25, 0.3) is 10.9 Å². The Hall–Kier alpha value is -3.52. The van der Waals surface area contributed by atoms with Gasteiger partial charge in [0.05, 0.1) is 23.7 Å². The van der Waals surface area contributed by atoms with Crippen LogP contribution < -0.4 is 10.2 Å². The Balaban J connectivity index is 1.32. The molecule has 0 unspecified atom stereocenters. The number of nitrogens with one attached hydrogen (secondary N) is 3. The van der Waals surface area contributed by atoms with Crippen LogP contribution in [0.4, 0.5) is 10.5 Å². The average molecular weight is 479 g/mol. The molecular weight excluding hydrogens is 452 g/mol. The van der Waals surface area contributed by atoms with Crippen molar-refractivity contribution < 1.29 is 9.59 Å². The minimum Gasteiger partial charge on any atom is -0.363 e. The molecule has 2 fully saturated rings. The molecule has 0 spiro atoms. The fourth-order valence-electron chi connectivity index (χ4n) is 4.87. The summed E-state index contributed by atoms with van der Waals surface area (Å²) in [5, 5.41) is 12.8. The van der Waals surface area contributed by atoms with E-state index in [4.69, 9.17) is 17.0 Å². The Labute approximate surface area is 203 Å². The molecule has 8 nitrogen and oxygen atoms in total. The van der Waals surface area contributed by atoms with Crippen LogP contribution in [0.5, 0.6) is 0 Å². The highest BCUT2D eigenvalue weighted by atomic mass is 35.5. The zero-order valence-electron chi connectivity index (χ0n) is 19.1. The molecule has 2 aliphatic heterocycles. The van der Waals surface area contributed by atoms with Gasteiger partial charge < -0.3 is 20.1 Å². The maximum absolute atomic E-state index is 13.2. The number of halogens is 1. The van der Waals surface area contributed by atoms with Gasteiger partial charge in [-0.25, -0.2) is 4.79 Å². The molecule has 3 aromatic rings. The molecule has 2 aliphatic rings. The largest absolute Gasteiger partial charge is 0.363 e. The van der Waals surface area contributed by atoms with Crippen molar-refractivity contribution in [2.24, 2.45) is 0 Å². The van der Waals surface area contributed by atoms with E-state index >= 15 is 0 Å². The van der Waals surface area contributed by atoms with Gasteiger partial charge in [0.2, 0.25) is 0 Å². The monoisotopic (exact) mass is 478 g/mol. The number of H-pyrrole nitrogens is 1. The molecule has 2 saturated heterocycles. The topological polar surface area (TPSA) is 95.5 Å². The summed E-state index contributed by atoms with van der Waals surface area (Å²) in [6.07, 6.45) is 3.37. The first-order valence-corrected chi connectivity index (χ1v) is 11.7. The van der Waals surface area contributed by atoms with Gasteiger partial charge in [-0.2, -0.15) is 0 Å². The Kier molecular flexibility index (Phi) is 5.69. The number of carbonyl (C=O) groups is 2. The number of piperidine rings is 1. The zero-order valence-corrected chi connectivity index (χ0v) is 19.9. The first kappa shape index (κ1) is 22.3. The number of hydrogen-bond donors (Lipinski definition) is 3. The van der Waals surface area contributed by atoms with Crippen molar-refractivity contribution in [2.45, 2.75) is 24.9 Å². The number of benzene rings is 2. The average Bonchev–Trinajstić information content (AvgIpc) is 3.39. The first-order valence-electron chi connectivity index (χ1n) is 11.4. The number of aromatic nitrogens is 1. The van der Waals surface area contributed by atoms with Gasteiger partial charge in [0.15, 0.2) is 0 Å².